The minimum absolute atomic E-state index is 0.0333. The third kappa shape index (κ3) is 3.06. The molecule has 1 atom stereocenters. The lowest BCUT2D eigenvalue weighted by Crippen LogP contribution is -2.33. The van der Waals surface area contributed by atoms with E-state index in [1.54, 1.807) is 16.4 Å². The lowest BCUT2D eigenvalue weighted by Gasteiger charge is -2.32. The summed E-state index contributed by atoms with van der Waals surface area (Å²) in [5, 5.41) is 0.693. The Kier molecular flexibility index (Phi) is 4.72. The van der Waals surface area contributed by atoms with Crippen molar-refractivity contribution in [3.63, 3.8) is 0 Å². The first-order chi connectivity index (χ1) is 14.5. The summed E-state index contributed by atoms with van der Waals surface area (Å²) in [7, 11) is -3.64. The van der Waals surface area contributed by atoms with Crippen LogP contribution in [-0.4, -0.2) is 19.3 Å². The van der Waals surface area contributed by atoms with Crippen LogP contribution in [0, 0.1) is 6.92 Å². The second kappa shape index (κ2) is 7.29. The molecular weight excluding hydrogens is 414 g/mol. The number of sulfonamides is 1. The summed E-state index contributed by atoms with van der Waals surface area (Å²) in [6.07, 6.45) is 1.68. The van der Waals surface area contributed by atoms with E-state index in [0.717, 1.165) is 40.8 Å². The van der Waals surface area contributed by atoms with Crippen molar-refractivity contribution in [2.24, 2.45) is 0 Å². The van der Waals surface area contributed by atoms with Gasteiger partial charge in [0.05, 0.1) is 10.6 Å². The molecule has 1 heterocycles. The normalized spacial score (nSPS) is 18.3. The first kappa shape index (κ1) is 19.4. The third-order valence-corrected chi connectivity index (χ3v) is 8.08. The molecule has 1 unspecified atom stereocenters. The van der Waals surface area contributed by atoms with Crippen molar-refractivity contribution in [1.29, 1.82) is 0 Å². The molecule has 1 aliphatic heterocycles. The number of allylic oxidation sites excluding steroid dienone is 1. The molecule has 0 radical (unpaired) electrons. The highest BCUT2D eigenvalue weighted by molar-refractivity contribution is 7.89. The number of fused-ring (bicyclic) bond motifs is 2. The van der Waals surface area contributed by atoms with E-state index in [4.69, 9.17) is 11.6 Å². The van der Waals surface area contributed by atoms with Gasteiger partial charge in [0.1, 0.15) is 0 Å². The van der Waals surface area contributed by atoms with Crippen LogP contribution in [0.4, 0.5) is 0 Å². The van der Waals surface area contributed by atoms with E-state index in [0.29, 0.717) is 16.5 Å². The zero-order valence-electron chi connectivity index (χ0n) is 16.7. The molecule has 0 aromatic heterocycles. The third-order valence-electron chi connectivity index (χ3n) is 6.03. The highest BCUT2D eigenvalue weighted by atomic mass is 35.5. The lowest BCUT2D eigenvalue weighted by molar-refractivity contribution is 0.483. The van der Waals surface area contributed by atoms with Gasteiger partial charge in [0, 0.05) is 23.0 Å². The predicted octanol–water partition coefficient (Wildman–Crippen LogP) is 5.99. The first-order valence-corrected chi connectivity index (χ1v) is 12.0. The Balaban J connectivity index is 1.69. The van der Waals surface area contributed by atoms with Crippen molar-refractivity contribution in [2.45, 2.75) is 30.6 Å². The number of halogens is 1. The van der Waals surface area contributed by atoms with Crippen molar-refractivity contribution in [3.05, 3.63) is 106 Å². The summed E-state index contributed by atoms with van der Waals surface area (Å²) in [6, 6.07) is 23.2. The zero-order chi connectivity index (χ0) is 20.9. The molecule has 3 aromatic rings. The monoisotopic (exact) mass is 435 g/mol. The fourth-order valence-electron chi connectivity index (χ4n) is 4.69. The van der Waals surface area contributed by atoms with Gasteiger partial charge in [0.2, 0.25) is 0 Å². The maximum absolute atomic E-state index is 13.6. The second-order valence-electron chi connectivity index (χ2n) is 7.94. The van der Waals surface area contributed by atoms with Crippen LogP contribution >= 0.6 is 11.6 Å². The van der Waals surface area contributed by atoms with Crippen LogP contribution in [0.5, 0.6) is 0 Å². The van der Waals surface area contributed by atoms with Crippen LogP contribution < -0.4 is 0 Å². The number of hydrogen-bond donors (Lipinski definition) is 0. The topological polar surface area (TPSA) is 37.4 Å². The quantitative estimate of drug-likeness (QED) is 0.506. The molecule has 0 fully saturated rings. The van der Waals surface area contributed by atoms with Gasteiger partial charge in [0.25, 0.3) is 10.0 Å². The van der Waals surface area contributed by atoms with Crippen molar-refractivity contribution in [3.8, 4) is 0 Å². The van der Waals surface area contributed by atoms with Crippen LogP contribution in [0.15, 0.2) is 83.3 Å². The van der Waals surface area contributed by atoms with Gasteiger partial charge in [-0.3, -0.25) is 4.31 Å². The van der Waals surface area contributed by atoms with Crippen LogP contribution in [0.2, 0.25) is 5.02 Å². The molecule has 0 saturated carbocycles. The van der Waals surface area contributed by atoms with E-state index in [-0.39, 0.29) is 5.92 Å². The standard InChI is InChI=1S/C25H22ClNO2S/c1-17-11-13-20(14-12-17)30(28,29)27-15-5-10-23-24(18-6-4-7-19(26)16-18)21-8-2-3-9-22(21)25(23)27/h2-4,6-9,11-14,16,24H,5,10,15H2,1H3. The summed E-state index contributed by atoms with van der Waals surface area (Å²) in [5.41, 5.74) is 6.32. The summed E-state index contributed by atoms with van der Waals surface area (Å²) in [4.78, 5) is 0.338. The van der Waals surface area contributed by atoms with E-state index in [9.17, 15) is 8.42 Å². The highest BCUT2D eigenvalue weighted by Gasteiger charge is 2.40. The van der Waals surface area contributed by atoms with E-state index >= 15 is 0 Å². The fraction of sp³-hybridized carbons (Fsp3) is 0.200. The molecule has 30 heavy (non-hydrogen) atoms. The molecule has 5 rings (SSSR count). The SMILES string of the molecule is Cc1ccc(S(=O)(=O)N2CCCC3=C2c2ccccc2C3c2cccc(Cl)c2)cc1. The van der Waals surface area contributed by atoms with Gasteiger partial charge in [-0.2, -0.15) is 0 Å². The number of nitrogens with zero attached hydrogens (tertiary/aromatic N) is 1. The van der Waals surface area contributed by atoms with Gasteiger partial charge in [-0.15, -0.1) is 0 Å². The Hall–Kier alpha value is -2.56. The Morgan fingerprint density at radius 3 is 2.50 bits per heavy atom. The molecule has 152 valence electrons. The van der Waals surface area contributed by atoms with E-state index in [2.05, 4.69) is 12.1 Å². The van der Waals surface area contributed by atoms with Crippen molar-refractivity contribution >= 4 is 27.3 Å². The van der Waals surface area contributed by atoms with Gasteiger partial charge in [-0.25, -0.2) is 8.42 Å². The molecule has 3 nitrogen and oxygen atoms in total. The van der Waals surface area contributed by atoms with Crippen molar-refractivity contribution < 1.29 is 8.42 Å². The zero-order valence-corrected chi connectivity index (χ0v) is 18.2. The summed E-state index contributed by atoms with van der Waals surface area (Å²) in [6.45, 7) is 2.45. The van der Waals surface area contributed by atoms with Crippen LogP contribution in [0.25, 0.3) is 5.70 Å². The van der Waals surface area contributed by atoms with Crippen LogP contribution in [-0.2, 0) is 10.0 Å². The van der Waals surface area contributed by atoms with E-state index < -0.39 is 10.0 Å². The lowest BCUT2D eigenvalue weighted by atomic mass is 9.86. The Morgan fingerprint density at radius 1 is 0.967 bits per heavy atom. The molecule has 0 saturated heterocycles. The Labute approximate surface area is 182 Å². The maximum atomic E-state index is 13.6. The second-order valence-corrected chi connectivity index (χ2v) is 10.2. The number of rotatable bonds is 3. The number of benzene rings is 3. The van der Waals surface area contributed by atoms with Gasteiger partial charge in [-0.05, 0) is 60.7 Å². The largest absolute Gasteiger partial charge is 0.266 e. The molecule has 0 bridgehead atoms. The van der Waals surface area contributed by atoms with Crippen molar-refractivity contribution in [1.82, 2.24) is 4.31 Å². The predicted molar refractivity (Wildman–Crippen MR) is 121 cm³/mol. The summed E-state index contributed by atoms with van der Waals surface area (Å²) < 4.78 is 28.9. The average Bonchev–Trinajstić information content (AvgIpc) is 3.08. The van der Waals surface area contributed by atoms with Crippen LogP contribution in [0.1, 0.15) is 41.0 Å². The molecule has 2 aliphatic rings. The highest BCUT2D eigenvalue weighted by Crippen LogP contribution is 2.51. The Morgan fingerprint density at radius 2 is 1.73 bits per heavy atom. The molecule has 0 N–H and O–H groups in total. The van der Waals surface area contributed by atoms with Crippen molar-refractivity contribution in [2.75, 3.05) is 6.54 Å². The smallest absolute Gasteiger partial charge is 0.264 e. The molecule has 3 aromatic carbocycles. The van der Waals surface area contributed by atoms with Gasteiger partial charge in [0.15, 0.2) is 0 Å². The van der Waals surface area contributed by atoms with Crippen LogP contribution in [0.3, 0.4) is 0 Å². The molecule has 1 aliphatic carbocycles. The summed E-state index contributed by atoms with van der Waals surface area (Å²) >= 11 is 6.30. The molecule has 0 amide bonds. The van der Waals surface area contributed by atoms with Gasteiger partial charge >= 0.3 is 0 Å². The minimum Gasteiger partial charge on any atom is -0.266 e. The summed E-state index contributed by atoms with van der Waals surface area (Å²) in [5.74, 6) is 0.0333. The fourth-order valence-corrected chi connectivity index (χ4v) is 6.45. The minimum atomic E-state index is -3.64. The maximum Gasteiger partial charge on any atom is 0.264 e. The van der Waals surface area contributed by atoms with E-state index in [1.165, 1.54) is 5.57 Å². The molecular formula is C25H22ClNO2S. The number of aryl methyl sites for hydroxylation is 1. The average molecular weight is 436 g/mol. The molecule has 0 spiro atoms. The number of hydrogen-bond acceptors (Lipinski definition) is 2. The van der Waals surface area contributed by atoms with Gasteiger partial charge in [-0.1, -0.05) is 65.7 Å². The van der Waals surface area contributed by atoms with E-state index in [1.807, 2.05) is 55.5 Å². The van der Waals surface area contributed by atoms with Gasteiger partial charge < -0.3 is 0 Å². The Bertz CT molecular complexity index is 1260. The molecule has 5 heteroatoms. The first-order valence-electron chi connectivity index (χ1n) is 10.1.